The lowest BCUT2D eigenvalue weighted by Crippen LogP contribution is -2.45. The molecule has 90 valence electrons. The quantitative estimate of drug-likeness (QED) is 0.555. The van der Waals surface area contributed by atoms with Crippen molar-refractivity contribution in [2.75, 3.05) is 13.2 Å². The molecular weight excluding hydrogens is 218 g/mol. The lowest BCUT2D eigenvalue weighted by atomic mass is 10.3. The summed E-state index contributed by atoms with van der Waals surface area (Å²) in [4.78, 5) is 10.9. The monoisotopic (exact) mass is 231 g/mol. The van der Waals surface area contributed by atoms with E-state index < -0.39 is 30.9 Å². The lowest BCUT2D eigenvalue weighted by molar-refractivity contribution is -0.147. The fraction of sp³-hybridized carbons (Fsp3) is 0.875. The molecule has 0 heterocycles. The topological polar surface area (TPSA) is 38.3 Å². The van der Waals surface area contributed by atoms with E-state index in [1.807, 2.05) is 5.32 Å². The highest BCUT2D eigenvalue weighted by Crippen LogP contribution is 2.21. The van der Waals surface area contributed by atoms with Crippen LogP contribution >= 0.6 is 0 Å². The molecule has 7 heteroatoms. The minimum absolute atomic E-state index is 0.107. The van der Waals surface area contributed by atoms with Crippen molar-refractivity contribution < 1.29 is 27.1 Å². The van der Waals surface area contributed by atoms with Crippen molar-refractivity contribution in [3.05, 3.63) is 0 Å². The Balaban J connectivity index is 3.99. The van der Waals surface area contributed by atoms with Gasteiger partial charge in [-0.2, -0.15) is 8.78 Å². The second kappa shape index (κ2) is 5.89. The number of ether oxygens (including phenoxy) is 1. The molecule has 1 N–H and O–H groups in total. The summed E-state index contributed by atoms with van der Waals surface area (Å²) >= 11 is 0. The first-order chi connectivity index (χ1) is 6.81. The Morgan fingerprint density at radius 1 is 1.47 bits per heavy atom. The van der Waals surface area contributed by atoms with Crippen molar-refractivity contribution in [1.29, 1.82) is 0 Å². The Morgan fingerprint density at radius 3 is 2.40 bits per heavy atom. The maximum Gasteiger partial charge on any atom is 0.322 e. The Kier molecular flexibility index (Phi) is 5.56. The van der Waals surface area contributed by atoms with Gasteiger partial charge in [0.25, 0.3) is 0 Å². The molecule has 0 aromatic carbocycles. The SMILES string of the molecule is CCOC(=O)C(C)NCC(F)(F)C(F)F. The van der Waals surface area contributed by atoms with E-state index in [0.29, 0.717) is 0 Å². The first kappa shape index (κ1) is 14.2. The van der Waals surface area contributed by atoms with Gasteiger partial charge in [-0.15, -0.1) is 0 Å². The molecule has 0 fully saturated rings. The van der Waals surface area contributed by atoms with Crippen LogP contribution in [0, 0.1) is 0 Å². The summed E-state index contributed by atoms with van der Waals surface area (Å²) < 4.78 is 52.7. The van der Waals surface area contributed by atoms with E-state index in [9.17, 15) is 22.4 Å². The smallest absolute Gasteiger partial charge is 0.322 e. The highest BCUT2D eigenvalue weighted by molar-refractivity contribution is 5.75. The molecule has 1 atom stereocenters. The third-order valence-electron chi connectivity index (χ3n) is 1.60. The highest BCUT2D eigenvalue weighted by Gasteiger charge is 2.40. The lowest BCUT2D eigenvalue weighted by Gasteiger charge is -2.18. The van der Waals surface area contributed by atoms with Gasteiger partial charge in [-0.25, -0.2) is 8.78 Å². The first-order valence-corrected chi connectivity index (χ1v) is 4.37. The van der Waals surface area contributed by atoms with E-state index in [2.05, 4.69) is 4.74 Å². The number of esters is 1. The highest BCUT2D eigenvalue weighted by atomic mass is 19.3. The molecule has 0 spiro atoms. The van der Waals surface area contributed by atoms with Gasteiger partial charge in [0.15, 0.2) is 0 Å². The number of carbonyl (C=O) groups excluding carboxylic acids is 1. The molecule has 0 aromatic rings. The van der Waals surface area contributed by atoms with E-state index >= 15 is 0 Å². The molecule has 0 saturated heterocycles. The van der Waals surface area contributed by atoms with Gasteiger partial charge in [0, 0.05) is 0 Å². The minimum Gasteiger partial charge on any atom is -0.465 e. The predicted molar refractivity (Wildman–Crippen MR) is 45.0 cm³/mol. The summed E-state index contributed by atoms with van der Waals surface area (Å²) in [6, 6.07) is -1.03. The molecule has 0 aliphatic carbocycles. The zero-order valence-corrected chi connectivity index (χ0v) is 8.40. The van der Waals surface area contributed by atoms with Crippen molar-refractivity contribution in [1.82, 2.24) is 5.32 Å². The van der Waals surface area contributed by atoms with Gasteiger partial charge >= 0.3 is 18.3 Å². The van der Waals surface area contributed by atoms with Gasteiger partial charge in [-0.1, -0.05) is 0 Å². The normalized spacial score (nSPS) is 14.1. The molecule has 0 aromatic heterocycles. The van der Waals surface area contributed by atoms with Crippen LogP contribution < -0.4 is 5.32 Å². The van der Waals surface area contributed by atoms with Crippen LogP contribution in [0.2, 0.25) is 0 Å². The molecule has 1 unspecified atom stereocenters. The van der Waals surface area contributed by atoms with Crippen LogP contribution in [0.3, 0.4) is 0 Å². The Hall–Kier alpha value is -0.850. The number of hydrogen-bond donors (Lipinski definition) is 1. The van der Waals surface area contributed by atoms with Crippen LogP contribution in [0.4, 0.5) is 17.6 Å². The largest absolute Gasteiger partial charge is 0.465 e. The second-order valence-electron chi connectivity index (χ2n) is 2.92. The van der Waals surface area contributed by atoms with E-state index in [-0.39, 0.29) is 6.61 Å². The molecule has 3 nitrogen and oxygen atoms in total. The zero-order chi connectivity index (χ0) is 12.1. The maximum absolute atomic E-state index is 12.4. The zero-order valence-electron chi connectivity index (χ0n) is 8.40. The Morgan fingerprint density at radius 2 is 2.00 bits per heavy atom. The number of carbonyl (C=O) groups is 1. The van der Waals surface area contributed by atoms with Gasteiger partial charge in [-0.3, -0.25) is 10.1 Å². The molecule has 0 amide bonds. The third kappa shape index (κ3) is 4.96. The summed E-state index contributed by atoms with van der Waals surface area (Å²) in [5.74, 6) is -4.89. The van der Waals surface area contributed by atoms with Gasteiger partial charge in [0.05, 0.1) is 13.2 Å². The third-order valence-corrected chi connectivity index (χ3v) is 1.60. The summed E-state index contributed by atoms with van der Waals surface area (Å²) in [6.45, 7) is 1.67. The summed E-state index contributed by atoms with van der Waals surface area (Å²) in [6.07, 6.45) is -3.75. The standard InChI is InChI=1S/C8H13F4NO2/c1-3-15-6(14)5(2)13-4-8(11,12)7(9)10/h5,7,13H,3-4H2,1-2H3. The van der Waals surface area contributed by atoms with Crippen molar-refractivity contribution in [3.8, 4) is 0 Å². The van der Waals surface area contributed by atoms with E-state index in [1.54, 1.807) is 6.92 Å². The molecule has 0 saturated carbocycles. The average Bonchev–Trinajstić information content (AvgIpc) is 2.14. The number of rotatable bonds is 6. The molecule has 0 radical (unpaired) electrons. The van der Waals surface area contributed by atoms with E-state index in [1.165, 1.54) is 6.92 Å². The fourth-order valence-corrected chi connectivity index (χ4v) is 0.717. The molecule has 0 bridgehead atoms. The molecule has 15 heavy (non-hydrogen) atoms. The van der Waals surface area contributed by atoms with Crippen molar-refractivity contribution >= 4 is 5.97 Å². The second-order valence-corrected chi connectivity index (χ2v) is 2.92. The number of nitrogens with one attached hydrogen (secondary N) is 1. The molecule has 0 rings (SSSR count). The van der Waals surface area contributed by atoms with Gasteiger partial charge in [0.2, 0.25) is 0 Å². The number of alkyl halides is 4. The minimum atomic E-state index is -4.14. The van der Waals surface area contributed by atoms with Crippen LogP contribution in [0.5, 0.6) is 0 Å². The van der Waals surface area contributed by atoms with Crippen molar-refractivity contribution in [2.24, 2.45) is 0 Å². The Bertz CT molecular complexity index is 211. The van der Waals surface area contributed by atoms with Crippen LogP contribution in [0.15, 0.2) is 0 Å². The maximum atomic E-state index is 12.4. The average molecular weight is 231 g/mol. The number of halogens is 4. The van der Waals surface area contributed by atoms with Crippen LogP contribution in [0.25, 0.3) is 0 Å². The summed E-state index contributed by atoms with van der Waals surface area (Å²) in [5, 5.41) is 1.98. The Labute approximate surface area is 84.8 Å². The summed E-state index contributed by atoms with van der Waals surface area (Å²) in [5.41, 5.74) is 0. The van der Waals surface area contributed by atoms with Crippen molar-refractivity contribution in [3.63, 3.8) is 0 Å². The first-order valence-electron chi connectivity index (χ1n) is 4.37. The van der Waals surface area contributed by atoms with E-state index in [0.717, 1.165) is 0 Å². The van der Waals surface area contributed by atoms with E-state index in [4.69, 9.17) is 0 Å². The van der Waals surface area contributed by atoms with Gasteiger partial charge in [-0.05, 0) is 13.8 Å². The van der Waals surface area contributed by atoms with Crippen LogP contribution in [0.1, 0.15) is 13.8 Å². The fourth-order valence-electron chi connectivity index (χ4n) is 0.717. The number of hydrogen-bond acceptors (Lipinski definition) is 3. The van der Waals surface area contributed by atoms with Gasteiger partial charge < -0.3 is 4.74 Å². The predicted octanol–water partition coefficient (Wildman–Crippen LogP) is 1.43. The molecular formula is C8H13F4NO2. The molecule has 0 aliphatic heterocycles. The molecule has 0 aliphatic rings. The van der Waals surface area contributed by atoms with Crippen LogP contribution in [-0.2, 0) is 9.53 Å². The van der Waals surface area contributed by atoms with Crippen molar-refractivity contribution in [2.45, 2.75) is 32.2 Å². The van der Waals surface area contributed by atoms with Gasteiger partial charge in [0.1, 0.15) is 6.04 Å². The summed E-state index contributed by atoms with van der Waals surface area (Å²) in [7, 11) is 0. The van der Waals surface area contributed by atoms with Crippen LogP contribution in [-0.4, -0.2) is 37.5 Å².